The molecule has 0 fully saturated rings. The summed E-state index contributed by atoms with van der Waals surface area (Å²) in [7, 11) is 1.80. The monoisotopic (exact) mass is 167 g/mol. The normalized spacial score (nSPS) is 9.18. The highest BCUT2D eigenvalue weighted by Gasteiger charge is 1.96. The second kappa shape index (κ2) is 3.30. The van der Waals surface area contributed by atoms with Gasteiger partial charge in [0.1, 0.15) is 10.8 Å². The van der Waals surface area contributed by atoms with Crippen molar-refractivity contribution in [3.05, 3.63) is 23.9 Å². The molecule has 1 aromatic heterocycles. The molecule has 0 radical (unpaired) electrons. The molecule has 0 aliphatic heterocycles. The van der Waals surface area contributed by atoms with Crippen LogP contribution < -0.4 is 11.1 Å². The molecule has 1 rings (SSSR count). The third-order valence-corrected chi connectivity index (χ3v) is 1.54. The lowest BCUT2D eigenvalue weighted by atomic mass is 10.2. The molecule has 0 saturated carbocycles. The van der Waals surface area contributed by atoms with Gasteiger partial charge in [0.05, 0.1) is 0 Å². The Labute approximate surface area is 70.6 Å². The van der Waals surface area contributed by atoms with Crippen molar-refractivity contribution in [2.24, 2.45) is 5.73 Å². The predicted octanol–water partition coefficient (Wildman–Crippen LogP) is 0.758. The fourth-order valence-electron chi connectivity index (χ4n) is 0.721. The third kappa shape index (κ3) is 1.88. The minimum absolute atomic E-state index is 0.393. The fourth-order valence-corrected chi connectivity index (χ4v) is 0.847. The van der Waals surface area contributed by atoms with E-state index in [1.807, 2.05) is 6.07 Å². The van der Waals surface area contributed by atoms with Crippen LogP contribution in [0.25, 0.3) is 0 Å². The number of pyridine rings is 1. The molecule has 0 saturated heterocycles. The fraction of sp³-hybridized carbons (Fsp3) is 0.143. The van der Waals surface area contributed by atoms with E-state index in [4.69, 9.17) is 18.0 Å². The molecule has 4 heteroatoms. The van der Waals surface area contributed by atoms with Crippen LogP contribution in [0, 0.1) is 0 Å². The van der Waals surface area contributed by atoms with Crippen LogP contribution in [0.5, 0.6) is 0 Å². The van der Waals surface area contributed by atoms with Gasteiger partial charge in [-0.25, -0.2) is 4.98 Å². The third-order valence-electron chi connectivity index (χ3n) is 1.30. The van der Waals surface area contributed by atoms with Gasteiger partial charge in [0.15, 0.2) is 0 Å². The quantitative estimate of drug-likeness (QED) is 0.638. The van der Waals surface area contributed by atoms with Crippen LogP contribution in [-0.4, -0.2) is 17.0 Å². The highest BCUT2D eigenvalue weighted by atomic mass is 32.1. The molecule has 1 aromatic rings. The minimum atomic E-state index is 0.393. The van der Waals surface area contributed by atoms with Crippen molar-refractivity contribution in [3.63, 3.8) is 0 Å². The maximum atomic E-state index is 5.41. The number of hydrogen-bond donors (Lipinski definition) is 2. The minimum Gasteiger partial charge on any atom is -0.389 e. The summed E-state index contributed by atoms with van der Waals surface area (Å²) in [5.41, 5.74) is 6.25. The summed E-state index contributed by atoms with van der Waals surface area (Å²) in [5, 5.41) is 2.90. The van der Waals surface area contributed by atoms with Crippen molar-refractivity contribution >= 4 is 23.0 Å². The summed E-state index contributed by atoms with van der Waals surface area (Å²) < 4.78 is 0. The number of nitrogens with two attached hydrogens (primary N) is 1. The molecular weight excluding hydrogens is 158 g/mol. The van der Waals surface area contributed by atoms with E-state index in [1.54, 1.807) is 19.3 Å². The second-order valence-electron chi connectivity index (χ2n) is 2.04. The first-order valence-corrected chi connectivity index (χ1v) is 3.58. The molecule has 0 atom stereocenters. The molecule has 0 aromatic carbocycles. The number of thiocarbonyl (C=S) groups is 1. The maximum Gasteiger partial charge on any atom is 0.126 e. The van der Waals surface area contributed by atoms with Crippen molar-refractivity contribution < 1.29 is 0 Å². The van der Waals surface area contributed by atoms with Gasteiger partial charge in [-0.3, -0.25) is 0 Å². The first kappa shape index (κ1) is 7.94. The topological polar surface area (TPSA) is 50.9 Å². The largest absolute Gasteiger partial charge is 0.389 e. The van der Waals surface area contributed by atoms with Gasteiger partial charge in [0.25, 0.3) is 0 Å². The number of aromatic nitrogens is 1. The molecule has 11 heavy (non-hydrogen) atoms. The molecule has 0 spiro atoms. The van der Waals surface area contributed by atoms with Gasteiger partial charge in [0, 0.05) is 18.8 Å². The lowest BCUT2D eigenvalue weighted by Gasteiger charge is -2.00. The van der Waals surface area contributed by atoms with Crippen molar-refractivity contribution in [1.29, 1.82) is 0 Å². The maximum absolute atomic E-state index is 5.41. The molecule has 0 unspecified atom stereocenters. The van der Waals surface area contributed by atoms with E-state index < -0.39 is 0 Å². The van der Waals surface area contributed by atoms with Gasteiger partial charge in [0.2, 0.25) is 0 Å². The zero-order chi connectivity index (χ0) is 8.27. The Morgan fingerprint density at radius 1 is 1.73 bits per heavy atom. The number of hydrogen-bond acceptors (Lipinski definition) is 3. The van der Waals surface area contributed by atoms with E-state index in [0.29, 0.717) is 4.99 Å². The highest BCUT2D eigenvalue weighted by Crippen LogP contribution is 2.04. The van der Waals surface area contributed by atoms with Crippen LogP contribution >= 0.6 is 12.2 Å². The second-order valence-corrected chi connectivity index (χ2v) is 2.48. The van der Waals surface area contributed by atoms with Gasteiger partial charge in [-0.15, -0.1) is 0 Å². The molecule has 3 nitrogen and oxygen atoms in total. The Hall–Kier alpha value is -1.16. The Morgan fingerprint density at radius 3 is 3.00 bits per heavy atom. The van der Waals surface area contributed by atoms with Crippen LogP contribution in [-0.2, 0) is 0 Å². The summed E-state index contributed by atoms with van der Waals surface area (Å²) in [6.07, 6.45) is 1.67. The zero-order valence-electron chi connectivity index (χ0n) is 6.16. The average Bonchev–Trinajstić information content (AvgIpc) is 2.05. The molecule has 0 bridgehead atoms. The zero-order valence-corrected chi connectivity index (χ0v) is 6.98. The average molecular weight is 167 g/mol. The molecule has 1 heterocycles. The predicted molar refractivity (Wildman–Crippen MR) is 49.7 cm³/mol. The summed E-state index contributed by atoms with van der Waals surface area (Å²) in [6.45, 7) is 0. The Bertz CT molecular complexity index is 272. The number of anilines is 1. The van der Waals surface area contributed by atoms with E-state index in [1.165, 1.54) is 0 Å². The molecule has 3 N–H and O–H groups in total. The number of nitrogens with zero attached hydrogens (tertiary/aromatic N) is 1. The molecule has 0 amide bonds. The van der Waals surface area contributed by atoms with E-state index >= 15 is 0 Å². The molecular formula is C7H9N3S. The van der Waals surface area contributed by atoms with Crippen molar-refractivity contribution in [2.45, 2.75) is 0 Å². The standard InChI is InChI=1S/C7H9N3S/c1-9-6-4-5(7(8)11)2-3-10-6/h2-4H,1H3,(H2,8,11)(H,9,10). The first-order chi connectivity index (χ1) is 5.24. The van der Waals surface area contributed by atoms with Gasteiger partial charge < -0.3 is 11.1 Å². The van der Waals surface area contributed by atoms with Crippen molar-refractivity contribution in [1.82, 2.24) is 4.98 Å². The van der Waals surface area contributed by atoms with Crippen LogP contribution in [0.3, 0.4) is 0 Å². The van der Waals surface area contributed by atoms with Gasteiger partial charge >= 0.3 is 0 Å². The van der Waals surface area contributed by atoms with Crippen LogP contribution in [0.1, 0.15) is 5.56 Å². The van der Waals surface area contributed by atoms with Crippen LogP contribution in [0.4, 0.5) is 5.82 Å². The highest BCUT2D eigenvalue weighted by molar-refractivity contribution is 7.80. The SMILES string of the molecule is CNc1cc(C(N)=S)ccn1. The van der Waals surface area contributed by atoms with Crippen LogP contribution in [0.15, 0.2) is 18.3 Å². The molecule has 0 aliphatic rings. The van der Waals surface area contributed by atoms with Gasteiger partial charge in [-0.2, -0.15) is 0 Å². The lowest BCUT2D eigenvalue weighted by Crippen LogP contribution is -2.09. The Balaban J connectivity index is 3.01. The van der Waals surface area contributed by atoms with E-state index in [-0.39, 0.29) is 0 Å². The molecule has 0 aliphatic carbocycles. The molecule has 58 valence electrons. The number of rotatable bonds is 2. The van der Waals surface area contributed by atoms with Gasteiger partial charge in [-0.1, -0.05) is 12.2 Å². The number of nitrogens with one attached hydrogen (secondary N) is 1. The summed E-state index contributed by atoms with van der Waals surface area (Å²) >= 11 is 4.79. The summed E-state index contributed by atoms with van der Waals surface area (Å²) in [4.78, 5) is 4.41. The smallest absolute Gasteiger partial charge is 0.126 e. The van der Waals surface area contributed by atoms with E-state index in [0.717, 1.165) is 11.4 Å². The van der Waals surface area contributed by atoms with Crippen LogP contribution in [0.2, 0.25) is 0 Å². The van der Waals surface area contributed by atoms with Crippen molar-refractivity contribution in [3.8, 4) is 0 Å². The van der Waals surface area contributed by atoms with E-state index in [9.17, 15) is 0 Å². The Kier molecular flexibility index (Phi) is 2.38. The van der Waals surface area contributed by atoms with E-state index in [2.05, 4.69) is 10.3 Å². The summed E-state index contributed by atoms with van der Waals surface area (Å²) in [5.74, 6) is 0.773. The van der Waals surface area contributed by atoms with Gasteiger partial charge in [-0.05, 0) is 12.1 Å². The lowest BCUT2D eigenvalue weighted by molar-refractivity contribution is 1.28. The van der Waals surface area contributed by atoms with Crippen molar-refractivity contribution in [2.75, 3.05) is 12.4 Å². The Morgan fingerprint density at radius 2 is 2.45 bits per heavy atom. The summed E-state index contributed by atoms with van der Waals surface area (Å²) in [6, 6.07) is 3.59. The first-order valence-electron chi connectivity index (χ1n) is 3.17.